The molecule has 0 radical (unpaired) electrons. The summed E-state index contributed by atoms with van der Waals surface area (Å²) >= 11 is 7.03. The number of ether oxygens (including phenoxy) is 1. The van der Waals surface area contributed by atoms with Crippen molar-refractivity contribution in [1.29, 1.82) is 0 Å². The lowest BCUT2D eigenvalue weighted by molar-refractivity contribution is 0.0632. The van der Waals surface area contributed by atoms with Crippen LogP contribution in [0.25, 0.3) is 0 Å². The highest BCUT2D eigenvalue weighted by Gasteiger charge is 2.25. The van der Waals surface area contributed by atoms with Crippen molar-refractivity contribution in [3.63, 3.8) is 0 Å². The number of aliphatic hydroxyl groups is 1. The Kier molecular flexibility index (Phi) is 4.25. The third-order valence-electron chi connectivity index (χ3n) is 1.77. The molecule has 0 atom stereocenters. The Morgan fingerprint density at radius 2 is 1.94 bits per heavy atom. The minimum atomic E-state index is -1.15. The molecule has 18 heavy (non-hydrogen) atoms. The maximum absolute atomic E-state index is 11.5. The number of nitrogens with one attached hydrogen (secondary N) is 1. The Morgan fingerprint density at radius 3 is 2.33 bits per heavy atom. The smallest absolute Gasteiger partial charge is 0.413 e. The molecule has 0 saturated carbocycles. The number of amides is 1. The second-order valence-electron chi connectivity index (χ2n) is 5.33. The summed E-state index contributed by atoms with van der Waals surface area (Å²) in [4.78, 5) is 15.6. The molecular formula is C11H17ClN2O3S. The predicted molar refractivity (Wildman–Crippen MR) is 72.2 cm³/mol. The van der Waals surface area contributed by atoms with E-state index in [-0.39, 0.29) is 0 Å². The zero-order valence-electron chi connectivity index (χ0n) is 11.0. The van der Waals surface area contributed by atoms with Crippen molar-refractivity contribution in [2.24, 2.45) is 0 Å². The van der Waals surface area contributed by atoms with E-state index in [2.05, 4.69) is 10.3 Å². The van der Waals surface area contributed by atoms with Crippen molar-refractivity contribution in [2.45, 2.75) is 45.8 Å². The summed E-state index contributed by atoms with van der Waals surface area (Å²) in [7, 11) is 0. The van der Waals surface area contributed by atoms with E-state index in [0.29, 0.717) is 15.2 Å². The molecule has 0 fully saturated rings. The van der Waals surface area contributed by atoms with Gasteiger partial charge in [-0.3, -0.25) is 5.32 Å². The van der Waals surface area contributed by atoms with Crippen molar-refractivity contribution < 1.29 is 14.6 Å². The summed E-state index contributed by atoms with van der Waals surface area (Å²) in [6, 6.07) is 0. The Hall–Kier alpha value is -0.850. The van der Waals surface area contributed by atoms with Crippen molar-refractivity contribution in [3.05, 3.63) is 10.0 Å². The summed E-state index contributed by atoms with van der Waals surface area (Å²) in [5.41, 5.74) is -1.40. The molecule has 1 heterocycles. The fraction of sp³-hybridized carbons (Fsp3) is 0.636. The summed E-state index contributed by atoms with van der Waals surface area (Å²) in [6.07, 6.45) is -0.602. The number of carbonyl (C=O) groups is 1. The van der Waals surface area contributed by atoms with Crippen LogP contribution >= 0.6 is 22.9 Å². The van der Waals surface area contributed by atoms with Crippen LogP contribution in [0.15, 0.2) is 0 Å². The van der Waals surface area contributed by atoms with Gasteiger partial charge < -0.3 is 9.84 Å². The van der Waals surface area contributed by atoms with Crippen LogP contribution in [0.1, 0.15) is 40.3 Å². The molecule has 0 bridgehead atoms. The monoisotopic (exact) mass is 292 g/mol. The summed E-state index contributed by atoms with van der Waals surface area (Å²) in [5, 5.41) is 12.6. The van der Waals surface area contributed by atoms with Gasteiger partial charge in [0.1, 0.15) is 21.2 Å². The highest BCUT2D eigenvalue weighted by Crippen LogP contribution is 2.34. The van der Waals surface area contributed by atoms with Gasteiger partial charge in [0.25, 0.3) is 0 Å². The molecule has 1 aromatic rings. The molecule has 0 aromatic carbocycles. The van der Waals surface area contributed by atoms with Gasteiger partial charge in [-0.15, -0.1) is 0 Å². The number of hydrogen-bond donors (Lipinski definition) is 2. The van der Waals surface area contributed by atoms with E-state index < -0.39 is 17.3 Å². The standard InChI is InChI=1S/C11H17ClN2O3S/c1-10(2,3)17-9(15)14-8-13-6(7(12)18-8)11(4,5)16/h16H,1-5H3,(H,13,14,15). The lowest BCUT2D eigenvalue weighted by Crippen LogP contribution is -2.27. The Bertz CT molecular complexity index is 446. The van der Waals surface area contributed by atoms with Crippen LogP contribution < -0.4 is 5.32 Å². The highest BCUT2D eigenvalue weighted by atomic mass is 35.5. The lowest BCUT2D eigenvalue weighted by Gasteiger charge is -2.19. The van der Waals surface area contributed by atoms with E-state index in [1.165, 1.54) is 0 Å². The number of anilines is 1. The van der Waals surface area contributed by atoms with E-state index in [9.17, 15) is 9.90 Å². The third-order valence-corrected chi connectivity index (χ3v) is 2.94. The second kappa shape index (κ2) is 5.03. The van der Waals surface area contributed by atoms with Gasteiger partial charge in [-0.2, -0.15) is 0 Å². The van der Waals surface area contributed by atoms with Gasteiger partial charge >= 0.3 is 6.09 Å². The van der Waals surface area contributed by atoms with Crippen LogP contribution in [0, 0.1) is 0 Å². The fourth-order valence-electron chi connectivity index (χ4n) is 1.12. The highest BCUT2D eigenvalue weighted by molar-refractivity contribution is 7.19. The Balaban J connectivity index is 2.79. The molecule has 0 aliphatic rings. The van der Waals surface area contributed by atoms with Gasteiger partial charge in [-0.1, -0.05) is 22.9 Å². The van der Waals surface area contributed by atoms with Crippen LogP contribution in [0.3, 0.4) is 0 Å². The number of nitrogens with zero attached hydrogens (tertiary/aromatic N) is 1. The maximum atomic E-state index is 11.5. The molecular weight excluding hydrogens is 276 g/mol. The molecule has 1 rings (SSSR count). The lowest BCUT2D eigenvalue weighted by atomic mass is 10.1. The van der Waals surface area contributed by atoms with Gasteiger partial charge in [0.15, 0.2) is 5.13 Å². The van der Waals surface area contributed by atoms with Crippen LogP contribution in [0.4, 0.5) is 9.93 Å². The van der Waals surface area contributed by atoms with Gasteiger partial charge in [0.05, 0.1) is 0 Å². The molecule has 0 spiro atoms. The quantitative estimate of drug-likeness (QED) is 0.876. The minimum Gasteiger partial charge on any atom is -0.444 e. The van der Waals surface area contributed by atoms with Crippen molar-refractivity contribution >= 4 is 34.2 Å². The number of aromatic nitrogens is 1. The van der Waals surface area contributed by atoms with E-state index in [4.69, 9.17) is 16.3 Å². The molecule has 7 heteroatoms. The van der Waals surface area contributed by atoms with Crippen LogP contribution in [-0.4, -0.2) is 21.8 Å². The fourth-order valence-corrected chi connectivity index (χ4v) is 2.45. The van der Waals surface area contributed by atoms with Gasteiger partial charge in [-0.25, -0.2) is 9.78 Å². The van der Waals surface area contributed by atoms with Gasteiger partial charge in [0, 0.05) is 0 Å². The normalized spacial score (nSPS) is 12.4. The number of halogens is 1. The predicted octanol–water partition coefficient (Wildman–Crippen LogP) is 3.37. The van der Waals surface area contributed by atoms with E-state index in [1.54, 1.807) is 34.6 Å². The number of carbonyl (C=O) groups excluding carboxylic acids is 1. The molecule has 0 unspecified atom stereocenters. The molecule has 0 aliphatic heterocycles. The largest absolute Gasteiger partial charge is 0.444 e. The minimum absolute atomic E-state index is 0.298. The van der Waals surface area contributed by atoms with Gasteiger partial charge in [0.2, 0.25) is 0 Å². The topological polar surface area (TPSA) is 71.5 Å². The SMILES string of the molecule is CC(C)(C)OC(=O)Nc1nc(C(C)(C)O)c(Cl)s1. The molecule has 2 N–H and O–H groups in total. The number of thiazole rings is 1. The number of hydrogen-bond acceptors (Lipinski definition) is 5. The molecule has 1 aromatic heterocycles. The third kappa shape index (κ3) is 4.44. The first-order valence-corrected chi connectivity index (χ1v) is 6.57. The summed E-state index contributed by atoms with van der Waals surface area (Å²) in [6.45, 7) is 8.45. The first kappa shape index (κ1) is 15.2. The first-order valence-electron chi connectivity index (χ1n) is 5.38. The molecule has 1 amide bonds. The zero-order chi connectivity index (χ0) is 14.1. The zero-order valence-corrected chi connectivity index (χ0v) is 12.6. The van der Waals surface area contributed by atoms with E-state index >= 15 is 0 Å². The molecule has 0 aliphatic carbocycles. The van der Waals surface area contributed by atoms with E-state index in [1.807, 2.05) is 0 Å². The van der Waals surface area contributed by atoms with E-state index in [0.717, 1.165) is 11.3 Å². The van der Waals surface area contributed by atoms with Crippen molar-refractivity contribution in [1.82, 2.24) is 4.98 Å². The second-order valence-corrected chi connectivity index (χ2v) is 6.93. The Labute approximate surface area is 115 Å². The van der Waals surface area contributed by atoms with Crippen molar-refractivity contribution in [3.8, 4) is 0 Å². The van der Waals surface area contributed by atoms with Crippen molar-refractivity contribution in [2.75, 3.05) is 5.32 Å². The summed E-state index contributed by atoms with van der Waals surface area (Å²) in [5.74, 6) is 0. The Morgan fingerprint density at radius 1 is 1.39 bits per heavy atom. The molecule has 0 saturated heterocycles. The van der Waals surface area contributed by atoms with Crippen LogP contribution in [-0.2, 0) is 10.3 Å². The summed E-state index contributed by atoms with van der Waals surface area (Å²) < 4.78 is 5.43. The average molecular weight is 293 g/mol. The van der Waals surface area contributed by atoms with Crippen LogP contribution in [0.5, 0.6) is 0 Å². The first-order chi connectivity index (χ1) is 7.99. The van der Waals surface area contributed by atoms with Gasteiger partial charge in [-0.05, 0) is 34.6 Å². The van der Waals surface area contributed by atoms with Crippen LogP contribution in [0.2, 0.25) is 4.34 Å². The average Bonchev–Trinajstić information content (AvgIpc) is 2.41. The molecule has 5 nitrogen and oxygen atoms in total. The molecule has 102 valence electrons. The maximum Gasteiger partial charge on any atom is 0.413 e. The number of rotatable bonds is 2.